The van der Waals surface area contributed by atoms with Gasteiger partial charge in [-0.1, -0.05) is 6.92 Å². The number of hydrogen-bond acceptors (Lipinski definition) is 5. The first kappa shape index (κ1) is 14.7. The van der Waals surface area contributed by atoms with Crippen LogP contribution in [-0.4, -0.2) is 39.7 Å². The fraction of sp³-hybridized carbons (Fsp3) is 0.600. The summed E-state index contributed by atoms with van der Waals surface area (Å²) in [4.78, 5) is 21.7. The molecule has 1 aliphatic rings. The minimum absolute atomic E-state index is 0.0414. The molecule has 0 bridgehead atoms. The lowest BCUT2D eigenvalue weighted by atomic mass is 9.77. The summed E-state index contributed by atoms with van der Waals surface area (Å²) in [6.07, 6.45) is 3.03. The summed E-state index contributed by atoms with van der Waals surface area (Å²) in [7, 11) is 0. The molecule has 114 valence electrons. The number of thiophene rings is 1. The minimum atomic E-state index is -0.0414. The van der Waals surface area contributed by atoms with E-state index in [1.54, 1.807) is 0 Å². The fourth-order valence-corrected chi connectivity index (χ4v) is 3.74. The Labute approximate surface area is 127 Å². The van der Waals surface area contributed by atoms with Crippen molar-refractivity contribution in [3.05, 3.63) is 27.6 Å². The van der Waals surface area contributed by atoms with Gasteiger partial charge in [0.15, 0.2) is 0 Å². The van der Waals surface area contributed by atoms with Gasteiger partial charge >= 0.3 is 0 Å². The van der Waals surface area contributed by atoms with Crippen LogP contribution in [0.1, 0.15) is 32.0 Å². The van der Waals surface area contributed by atoms with Gasteiger partial charge < -0.3 is 10.1 Å². The van der Waals surface area contributed by atoms with E-state index in [0.717, 1.165) is 43.7 Å². The number of fused-ring (bicyclic) bond motifs is 1. The molecule has 1 aliphatic heterocycles. The van der Waals surface area contributed by atoms with Gasteiger partial charge in [0.05, 0.1) is 12.1 Å². The van der Waals surface area contributed by atoms with Crippen molar-refractivity contribution in [3.8, 4) is 0 Å². The topological polar surface area (TPSA) is 69.2 Å². The van der Waals surface area contributed by atoms with Crippen LogP contribution in [-0.2, 0) is 6.54 Å². The predicted octanol–water partition coefficient (Wildman–Crippen LogP) is 1.97. The Hall–Kier alpha value is -1.24. The Kier molecular flexibility index (Phi) is 4.10. The average molecular weight is 307 g/mol. The third-order valence-electron chi connectivity index (χ3n) is 4.74. The van der Waals surface area contributed by atoms with Crippen LogP contribution < -0.4 is 5.56 Å². The Morgan fingerprint density at radius 3 is 2.90 bits per heavy atom. The van der Waals surface area contributed by atoms with Gasteiger partial charge in [-0.2, -0.15) is 0 Å². The van der Waals surface area contributed by atoms with Crippen molar-refractivity contribution in [2.24, 2.45) is 5.41 Å². The molecule has 2 N–H and O–H groups in total. The summed E-state index contributed by atoms with van der Waals surface area (Å²) in [6.45, 7) is 4.98. The summed E-state index contributed by atoms with van der Waals surface area (Å²) >= 11 is 1.43. The van der Waals surface area contributed by atoms with Crippen LogP contribution in [0.15, 0.2) is 16.2 Å². The summed E-state index contributed by atoms with van der Waals surface area (Å²) in [5, 5.41) is 11.5. The highest BCUT2D eigenvalue weighted by Gasteiger charge is 2.32. The number of nitrogens with zero attached hydrogens (tertiary/aromatic N) is 2. The highest BCUT2D eigenvalue weighted by atomic mass is 32.1. The number of nitrogens with one attached hydrogen (secondary N) is 1. The number of likely N-dealkylation sites (tertiary alicyclic amines) is 1. The third-order valence-corrected chi connectivity index (χ3v) is 5.64. The molecule has 0 unspecified atom stereocenters. The van der Waals surface area contributed by atoms with E-state index >= 15 is 0 Å². The minimum Gasteiger partial charge on any atom is -0.396 e. The average Bonchev–Trinajstić information content (AvgIpc) is 2.97. The maximum Gasteiger partial charge on any atom is 0.268 e. The zero-order chi connectivity index (χ0) is 14.9. The van der Waals surface area contributed by atoms with Gasteiger partial charge in [-0.05, 0) is 49.2 Å². The second-order valence-corrected chi connectivity index (χ2v) is 6.85. The van der Waals surface area contributed by atoms with Crippen LogP contribution >= 0.6 is 11.3 Å². The van der Waals surface area contributed by atoms with E-state index in [2.05, 4.69) is 21.8 Å². The Morgan fingerprint density at radius 2 is 2.24 bits per heavy atom. The Balaban J connectivity index is 1.71. The molecule has 1 saturated heterocycles. The maximum atomic E-state index is 12.0. The molecular formula is C15H21N3O2S. The Bertz CT molecular complexity index is 665. The van der Waals surface area contributed by atoms with Crippen LogP contribution in [0.2, 0.25) is 0 Å². The van der Waals surface area contributed by atoms with Crippen molar-refractivity contribution >= 4 is 21.6 Å². The number of H-pyrrole nitrogens is 1. The molecule has 0 aromatic carbocycles. The number of aromatic nitrogens is 2. The zero-order valence-corrected chi connectivity index (χ0v) is 13.1. The number of aliphatic hydroxyl groups is 1. The molecule has 1 fully saturated rings. The van der Waals surface area contributed by atoms with Crippen LogP contribution in [0.5, 0.6) is 0 Å². The number of aliphatic hydroxyl groups excluding tert-OH is 1. The summed E-state index contributed by atoms with van der Waals surface area (Å²) in [6, 6.07) is 1.89. The second kappa shape index (κ2) is 5.87. The lowest BCUT2D eigenvalue weighted by Gasteiger charge is -2.40. The smallest absolute Gasteiger partial charge is 0.268 e. The second-order valence-electron chi connectivity index (χ2n) is 5.94. The third kappa shape index (κ3) is 2.88. The number of rotatable bonds is 4. The van der Waals surface area contributed by atoms with E-state index < -0.39 is 0 Å². The summed E-state index contributed by atoms with van der Waals surface area (Å²) in [5.74, 6) is 0.735. The van der Waals surface area contributed by atoms with E-state index in [9.17, 15) is 9.90 Å². The van der Waals surface area contributed by atoms with Crippen molar-refractivity contribution in [1.82, 2.24) is 14.9 Å². The molecule has 6 heteroatoms. The first-order valence-corrected chi connectivity index (χ1v) is 8.33. The van der Waals surface area contributed by atoms with Crippen molar-refractivity contribution in [1.29, 1.82) is 0 Å². The largest absolute Gasteiger partial charge is 0.396 e. The molecule has 3 heterocycles. The van der Waals surface area contributed by atoms with Gasteiger partial charge in [0.1, 0.15) is 10.5 Å². The van der Waals surface area contributed by atoms with E-state index in [1.165, 1.54) is 11.3 Å². The predicted molar refractivity (Wildman–Crippen MR) is 84.6 cm³/mol. The van der Waals surface area contributed by atoms with Crippen LogP contribution in [0.25, 0.3) is 10.2 Å². The van der Waals surface area contributed by atoms with Gasteiger partial charge in [-0.15, -0.1) is 11.3 Å². The molecule has 2 aromatic heterocycles. The van der Waals surface area contributed by atoms with E-state index in [4.69, 9.17) is 0 Å². The van der Waals surface area contributed by atoms with E-state index in [-0.39, 0.29) is 17.6 Å². The van der Waals surface area contributed by atoms with Crippen molar-refractivity contribution < 1.29 is 5.11 Å². The monoisotopic (exact) mass is 307 g/mol. The molecule has 5 nitrogen and oxygen atoms in total. The molecule has 21 heavy (non-hydrogen) atoms. The summed E-state index contributed by atoms with van der Waals surface area (Å²) in [5.41, 5.74) is 0.837. The standard InChI is InChI=1S/C15H21N3O2S/c1-2-15(10-19)4-6-18(7-5-15)9-12-16-11-3-8-21-13(11)14(20)17-12/h3,8,19H,2,4-7,9-10H2,1H3,(H,16,17,20). The first-order chi connectivity index (χ1) is 10.2. The molecule has 0 amide bonds. The van der Waals surface area contributed by atoms with Crippen LogP contribution in [0, 0.1) is 5.41 Å². The lowest BCUT2D eigenvalue weighted by molar-refractivity contribution is 0.0374. The van der Waals surface area contributed by atoms with E-state index in [0.29, 0.717) is 11.2 Å². The Morgan fingerprint density at radius 1 is 1.48 bits per heavy atom. The van der Waals surface area contributed by atoms with Crippen molar-refractivity contribution in [3.63, 3.8) is 0 Å². The molecule has 3 rings (SSSR count). The number of aromatic amines is 1. The van der Waals surface area contributed by atoms with Gasteiger partial charge in [-0.3, -0.25) is 9.69 Å². The molecule has 0 saturated carbocycles. The van der Waals surface area contributed by atoms with Crippen molar-refractivity contribution in [2.45, 2.75) is 32.7 Å². The molecule has 2 aromatic rings. The maximum absolute atomic E-state index is 12.0. The van der Waals surface area contributed by atoms with Gasteiger partial charge in [0.2, 0.25) is 0 Å². The SMILES string of the molecule is CCC1(CO)CCN(Cc2nc3ccsc3c(=O)[nH]2)CC1. The van der Waals surface area contributed by atoms with Gasteiger partial charge in [0, 0.05) is 6.61 Å². The summed E-state index contributed by atoms with van der Waals surface area (Å²) < 4.78 is 0.697. The van der Waals surface area contributed by atoms with Gasteiger partial charge in [-0.25, -0.2) is 4.98 Å². The normalized spacial score (nSPS) is 19.1. The molecule has 0 radical (unpaired) electrons. The van der Waals surface area contributed by atoms with Gasteiger partial charge in [0.25, 0.3) is 5.56 Å². The highest BCUT2D eigenvalue weighted by Crippen LogP contribution is 2.34. The number of piperidine rings is 1. The molecule has 0 spiro atoms. The zero-order valence-electron chi connectivity index (χ0n) is 12.3. The molecule has 0 aliphatic carbocycles. The fourth-order valence-electron chi connectivity index (χ4n) is 3.02. The lowest BCUT2D eigenvalue weighted by Crippen LogP contribution is -2.41. The molecule has 0 atom stereocenters. The molecular weight excluding hydrogens is 286 g/mol. The van der Waals surface area contributed by atoms with Crippen LogP contribution in [0.4, 0.5) is 0 Å². The van der Waals surface area contributed by atoms with E-state index in [1.807, 2.05) is 11.4 Å². The number of hydrogen-bond donors (Lipinski definition) is 2. The van der Waals surface area contributed by atoms with Crippen molar-refractivity contribution in [2.75, 3.05) is 19.7 Å². The highest BCUT2D eigenvalue weighted by molar-refractivity contribution is 7.17. The quantitative estimate of drug-likeness (QED) is 0.906. The van der Waals surface area contributed by atoms with Crippen LogP contribution in [0.3, 0.4) is 0 Å². The first-order valence-electron chi connectivity index (χ1n) is 7.45.